The number of anilines is 1. The molecule has 2 aromatic carbocycles. The molecule has 2 unspecified atom stereocenters. The van der Waals surface area contributed by atoms with Crippen LogP contribution < -0.4 is 10.6 Å². The van der Waals surface area contributed by atoms with Gasteiger partial charge in [0.25, 0.3) is 0 Å². The highest BCUT2D eigenvalue weighted by Gasteiger charge is 2.34. The second-order valence-electron chi connectivity index (χ2n) is 8.74. The molecule has 6 nitrogen and oxygen atoms in total. The predicted molar refractivity (Wildman–Crippen MR) is 132 cm³/mol. The number of para-hydroxylation sites is 1. The molecule has 0 bridgehead atoms. The number of fused-ring (bicyclic) bond motifs is 1. The summed E-state index contributed by atoms with van der Waals surface area (Å²) in [6.45, 7) is 5.25. The van der Waals surface area contributed by atoms with E-state index in [9.17, 15) is 4.79 Å². The van der Waals surface area contributed by atoms with Gasteiger partial charge in [0.2, 0.25) is 5.91 Å². The average Bonchev–Trinajstić information content (AvgIpc) is 3.12. The zero-order chi connectivity index (χ0) is 22.7. The summed E-state index contributed by atoms with van der Waals surface area (Å²) < 4.78 is 0. The molecule has 1 fully saturated rings. The molecule has 4 rings (SSSR count). The average molecular weight is 452 g/mol. The van der Waals surface area contributed by atoms with E-state index in [1.54, 1.807) is 11.8 Å². The first-order valence-electron chi connectivity index (χ1n) is 11.4. The van der Waals surface area contributed by atoms with Gasteiger partial charge >= 0.3 is 0 Å². The number of amidine groups is 1. The van der Waals surface area contributed by atoms with Crippen molar-refractivity contribution in [3.05, 3.63) is 59.7 Å². The fraction of sp³-hybridized carbons (Fsp3) is 0.440. The van der Waals surface area contributed by atoms with Crippen LogP contribution in [0.15, 0.2) is 53.4 Å². The molecule has 2 heterocycles. The van der Waals surface area contributed by atoms with E-state index in [2.05, 4.69) is 30.1 Å². The van der Waals surface area contributed by atoms with Crippen LogP contribution in [0.25, 0.3) is 0 Å². The van der Waals surface area contributed by atoms with Crippen LogP contribution in [-0.2, 0) is 4.79 Å². The normalized spacial score (nSPS) is 21.7. The summed E-state index contributed by atoms with van der Waals surface area (Å²) in [5, 5.41) is 12.2. The molecule has 170 valence electrons. The number of hydrogen-bond acceptors (Lipinski definition) is 5. The van der Waals surface area contributed by atoms with Crippen LogP contribution in [0.4, 0.5) is 5.69 Å². The quantitative estimate of drug-likeness (QED) is 0.356. The molecule has 2 aromatic rings. The predicted octanol–water partition coefficient (Wildman–Crippen LogP) is 4.26. The van der Waals surface area contributed by atoms with Crippen molar-refractivity contribution < 1.29 is 4.79 Å². The van der Waals surface area contributed by atoms with Crippen LogP contribution in [0.5, 0.6) is 0 Å². The van der Waals surface area contributed by atoms with Crippen molar-refractivity contribution in [1.29, 1.82) is 5.41 Å². The molecule has 7 heteroatoms. The number of carbonyl (C=O) groups is 1. The lowest BCUT2D eigenvalue weighted by molar-refractivity contribution is -0.118. The van der Waals surface area contributed by atoms with Crippen molar-refractivity contribution in [1.82, 2.24) is 10.0 Å². The fourth-order valence-corrected chi connectivity index (χ4v) is 5.85. The van der Waals surface area contributed by atoms with Crippen molar-refractivity contribution in [3.63, 3.8) is 0 Å². The number of hydrogen-bond donors (Lipinski definition) is 2. The molecular weight excluding hydrogens is 418 g/mol. The highest BCUT2D eigenvalue weighted by molar-refractivity contribution is 8.00. The van der Waals surface area contributed by atoms with E-state index in [4.69, 9.17) is 11.1 Å². The van der Waals surface area contributed by atoms with E-state index in [1.165, 1.54) is 6.42 Å². The van der Waals surface area contributed by atoms with Gasteiger partial charge in [-0.3, -0.25) is 10.2 Å². The number of carbonyl (C=O) groups excluding carboxylic acids is 1. The number of hydrazine groups is 1. The van der Waals surface area contributed by atoms with Crippen molar-refractivity contribution in [2.45, 2.75) is 48.8 Å². The zero-order valence-electron chi connectivity index (χ0n) is 19.0. The van der Waals surface area contributed by atoms with Crippen LogP contribution in [0.3, 0.4) is 0 Å². The third kappa shape index (κ3) is 4.85. The van der Waals surface area contributed by atoms with Gasteiger partial charge in [0.1, 0.15) is 11.1 Å². The molecule has 1 amide bonds. The summed E-state index contributed by atoms with van der Waals surface area (Å²) in [6, 6.07) is 16.3. The van der Waals surface area contributed by atoms with Crippen molar-refractivity contribution in [3.8, 4) is 0 Å². The molecular formula is C25H33N5OS. The minimum Gasteiger partial charge on any atom is -0.384 e. The standard InChI is InChI=1S/C25H33N5OS/c1-18-13-16-28(2)30(18)15-7-3-6-14-29-21-11-4-5-12-22(21)32-23(25(29)31)19-9-8-10-20(17-19)24(26)27/h4-5,8-12,17-18,23H,3,6-7,13-16H2,1-2H3,(H3,26,27). The second kappa shape index (κ2) is 10.1. The number of nitrogens with zero attached hydrogens (tertiary/aromatic N) is 3. The van der Waals surface area contributed by atoms with Crippen molar-refractivity contribution in [2.24, 2.45) is 5.73 Å². The number of unbranched alkanes of at least 4 members (excludes halogenated alkanes) is 2. The topological polar surface area (TPSA) is 76.7 Å². The zero-order valence-corrected chi connectivity index (χ0v) is 19.8. The molecule has 0 aliphatic carbocycles. The first-order valence-corrected chi connectivity index (χ1v) is 12.3. The number of nitrogen functional groups attached to an aromatic ring is 1. The molecule has 2 atom stereocenters. The van der Waals surface area contributed by atoms with Crippen molar-refractivity contribution >= 4 is 29.2 Å². The number of nitrogens with two attached hydrogens (primary N) is 1. The van der Waals surface area contributed by atoms with Crippen LogP contribution >= 0.6 is 11.8 Å². The van der Waals surface area contributed by atoms with Gasteiger partial charge in [-0.15, -0.1) is 11.8 Å². The maximum Gasteiger partial charge on any atom is 0.245 e. The summed E-state index contributed by atoms with van der Waals surface area (Å²) in [7, 11) is 2.17. The lowest BCUT2D eigenvalue weighted by atomic mass is 10.1. The summed E-state index contributed by atoms with van der Waals surface area (Å²) in [4.78, 5) is 16.6. The molecule has 0 radical (unpaired) electrons. The Kier molecular flexibility index (Phi) is 7.18. The second-order valence-corrected chi connectivity index (χ2v) is 9.88. The molecule has 1 saturated heterocycles. The van der Waals surface area contributed by atoms with Crippen LogP contribution in [0.2, 0.25) is 0 Å². The Bertz CT molecular complexity index is 970. The monoisotopic (exact) mass is 451 g/mol. The van der Waals surface area contributed by atoms with Crippen molar-refractivity contribution in [2.75, 3.05) is 31.6 Å². The number of thioether (sulfide) groups is 1. The summed E-state index contributed by atoms with van der Waals surface area (Å²) in [5.74, 6) is 0.137. The number of amides is 1. The van der Waals surface area contributed by atoms with Gasteiger partial charge in [-0.1, -0.05) is 36.8 Å². The Balaban J connectivity index is 1.43. The summed E-state index contributed by atoms with van der Waals surface area (Å²) in [6.07, 6.45) is 4.45. The smallest absolute Gasteiger partial charge is 0.245 e. The Hall–Kier alpha value is -2.35. The first-order chi connectivity index (χ1) is 15.5. The Labute approximate surface area is 195 Å². The molecule has 32 heavy (non-hydrogen) atoms. The highest BCUT2D eigenvalue weighted by Crippen LogP contribution is 2.46. The van der Waals surface area contributed by atoms with Gasteiger partial charge in [-0.05, 0) is 49.9 Å². The van der Waals surface area contributed by atoms with Crippen LogP contribution in [0.1, 0.15) is 49.0 Å². The Morgan fingerprint density at radius 3 is 2.66 bits per heavy atom. The van der Waals surface area contributed by atoms with Gasteiger partial charge in [-0.2, -0.15) is 0 Å². The maximum absolute atomic E-state index is 13.5. The van der Waals surface area contributed by atoms with Gasteiger partial charge in [-0.25, -0.2) is 10.0 Å². The number of nitrogens with one attached hydrogen (secondary N) is 1. The van der Waals surface area contributed by atoms with E-state index < -0.39 is 0 Å². The van der Waals surface area contributed by atoms with Crippen LogP contribution in [-0.4, -0.2) is 54.5 Å². The van der Waals surface area contributed by atoms with E-state index >= 15 is 0 Å². The molecule has 2 aliphatic rings. The van der Waals surface area contributed by atoms with Gasteiger partial charge < -0.3 is 10.6 Å². The maximum atomic E-state index is 13.5. The molecule has 2 aliphatic heterocycles. The lowest BCUT2D eigenvalue weighted by Crippen LogP contribution is -2.39. The first kappa shape index (κ1) is 22.8. The Morgan fingerprint density at radius 1 is 1.12 bits per heavy atom. The van der Waals surface area contributed by atoms with Crippen LogP contribution in [0, 0.1) is 5.41 Å². The third-order valence-electron chi connectivity index (χ3n) is 6.48. The number of rotatable bonds is 8. The molecule has 0 saturated carbocycles. The van der Waals surface area contributed by atoms with E-state index in [1.807, 2.05) is 47.4 Å². The SMILES string of the molecule is CC1CCN(C)N1CCCCCN1C(=O)C(c2cccc(C(=N)N)c2)Sc2ccccc21. The van der Waals surface area contributed by atoms with Gasteiger partial charge in [0, 0.05) is 43.2 Å². The van der Waals surface area contributed by atoms with E-state index in [-0.39, 0.29) is 17.0 Å². The highest BCUT2D eigenvalue weighted by atomic mass is 32.2. The van der Waals surface area contributed by atoms with E-state index in [0.29, 0.717) is 11.6 Å². The molecule has 3 N–H and O–H groups in total. The number of benzene rings is 2. The third-order valence-corrected chi connectivity index (χ3v) is 7.79. The molecule has 0 aromatic heterocycles. The van der Waals surface area contributed by atoms with Gasteiger partial charge in [0.05, 0.1) is 5.69 Å². The summed E-state index contributed by atoms with van der Waals surface area (Å²) in [5.41, 5.74) is 8.25. The molecule has 0 spiro atoms. The summed E-state index contributed by atoms with van der Waals surface area (Å²) >= 11 is 1.59. The Morgan fingerprint density at radius 2 is 1.91 bits per heavy atom. The lowest BCUT2D eigenvalue weighted by Gasteiger charge is -2.34. The van der Waals surface area contributed by atoms with Gasteiger partial charge in [0.15, 0.2) is 0 Å². The minimum absolute atomic E-state index is 0.0235. The fourth-order valence-electron chi connectivity index (χ4n) is 4.63. The minimum atomic E-state index is -0.316. The largest absolute Gasteiger partial charge is 0.384 e. The van der Waals surface area contributed by atoms with E-state index in [0.717, 1.165) is 55.0 Å².